The van der Waals surface area contributed by atoms with Crippen molar-refractivity contribution in [3.63, 3.8) is 0 Å². The van der Waals surface area contributed by atoms with Crippen molar-refractivity contribution in [3.05, 3.63) is 76.8 Å². The van der Waals surface area contributed by atoms with Gasteiger partial charge in [0.25, 0.3) is 0 Å². The van der Waals surface area contributed by atoms with E-state index < -0.39 is 0 Å². The van der Waals surface area contributed by atoms with E-state index in [2.05, 4.69) is 33.4 Å². The second-order valence-corrected chi connectivity index (χ2v) is 7.53. The number of aromatic nitrogens is 1. The fourth-order valence-corrected chi connectivity index (χ4v) is 3.64. The molecule has 0 spiro atoms. The van der Waals surface area contributed by atoms with Gasteiger partial charge in [0.2, 0.25) is 17.5 Å². The van der Waals surface area contributed by atoms with Gasteiger partial charge in [0.1, 0.15) is 11.8 Å². The number of ether oxygens (including phenoxy) is 2. The number of hydrogen-bond acceptors (Lipinski definition) is 7. The highest BCUT2D eigenvalue weighted by Crippen LogP contribution is 2.25. The predicted molar refractivity (Wildman–Crippen MR) is 117 cm³/mol. The van der Waals surface area contributed by atoms with Crippen molar-refractivity contribution >= 4 is 17.5 Å². The molecule has 1 aliphatic heterocycles. The Hall–Kier alpha value is -3.05. The Kier molecular flexibility index (Phi) is 7.05. The molecule has 1 aromatic heterocycles. The minimum absolute atomic E-state index is 0.115. The van der Waals surface area contributed by atoms with Gasteiger partial charge in [-0.05, 0) is 29.8 Å². The van der Waals surface area contributed by atoms with E-state index in [0.717, 1.165) is 13.1 Å². The Bertz CT molecular complexity index is 1010. The highest BCUT2D eigenvalue weighted by molar-refractivity contribution is 6.30. The zero-order chi connectivity index (χ0) is 21.5. The van der Waals surface area contributed by atoms with Crippen molar-refractivity contribution in [2.24, 2.45) is 0 Å². The monoisotopic (exact) mass is 438 g/mol. The summed E-state index contributed by atoms with van der Waals surface area (Å²) in [7, 11) is 0. The van der Waals surface area contributed by atoms with Crippen molar-refractivity contribution in [3.8, 4) is 11.8 Å². The Morgan fingerprint density at radius 3 is 2.58 bits per heavy atom. The van der Waals surface area contributed by atoms with E-state index in [9.17, 15) is 5.26 Å². The summed E-state index contributed by atoms with van der Waals surface area (Å²) < 4.78 is 17.0. The van der Waals surface area contributed by atoms with Gasteiger partial charge in [-0.15, -0.1) is 0 Å². The SMILES string of the molecule is N#Cc1nc(COc2ccc(Cl)cc2)oc1NC[C@@H](c1ccccc1)N1CCOCC1. The third kappa shape index (κ3) is 5.56. The average Bonchev–Trinajstić information content (AvgIpc) is 3.22. The Balaban J connectivity index is 1.44. The molecule has 0 unspecified atom stereocenters. The molecule has 0 bridgehead atoms. The first-order chi connectivity index (χ1) is 15.2. The molecule has 8 heteroatoms. The number of rotatable bonds is 8. The largest absolute Gasteiger partial charge is 0.484 e. The van der Waals surface area contributed by atoms with Crippen LogP contribution in [0.4, 0.5) is 5.88 Å². The summed E-state index contributed by atoms with van der Waals surface area (Å²) >= 11 is 5.89. The molecule has 0 amide bonds. The van der Waals surface area contributed by atoms with Crippen LogP contribution in [0.2, 0.25) is 5.02 Å². The zero-order valence-electron chi connectivity index (χ0n) is 17.0. The van der Waals surface area contributed by atoms with Crippen LogP contribution in [-0.2, 0) is 11.3 Å². The van der Waals surface area contributed by atoms with Gasteiger partial charge in [-0.25, -0.2) is 0 Å². The van der Waals surface area contributed by atoms with Crippen LogP contribution in [0.1, 0.15) is 23.2 Å². The molecule has 31 heavy (non-hydrogen) atoms. The maximum absolute atomic E-state index is 9.48. The molecule has 2 heterocycles. The fraction of sp³-hybridized carbons (Fsp3) is 0.304. The van der Waals surface area contributed by atoms with E-state index in [1.807, 2.05) is 18.2 Å². The van der Waals surface area contributed by atoms with Crippen LogP contribution < -0.4 is 10.1 Å². The number of nitriles is 1. The quantitative estimate of drug-likeness (QED) is 0.562. The van der Waals surface area contributed by atoms with E-state index in [4.69, 9.17) is 25.5 Å². The second-order valence-electron chi connectivity index (χ2n) is 7.10. The Morgan fingerprint density at radius 2 is 1.87 bits per heavy atom. The van der Waals surface area contributed by atoms with Gasteiger partial charge in [0.15, 0.2) is 6.61 Å². The molecule has 4 rings (SSSR count). The average molecular weight is 439 g/mol. The molecule has 7 nitrogen and oxygen atoms in total. The lowest BCUT2D eigenvalue weighted by Gasteiger charge is -2.34. The molecule has 160 valence electrons. The first-order valence-electron chi connectivity index (χ1n) is 10.1. The molecule has 1 fully saturated rings. The summed E-state index contributed by atoms with van der Waals surface area (Å²) in [4.78, 5) is 6.62. The third-order valence-electron chi connectivity index (χ3n) is 5.08. The van der Waals surface area contributed by atoms with Crippen LogP contribution in [0.3, 0.4) is 0 Å². The summed E-state index contributed by atoms with van der Waals surface area (Å²) in [6.45, 7) is 3.81. The molecule has 1 saturated heterocycles. The molecule has 3 aromatic rings. The van der Waals surface area contributed by atoms with Crippen LogP contribution in [-0.4, -0.2) is 42.7 Å². The van der Waals surface area contributed by atoms with Gasteiger partial charge in [-0.3, -0.25) is 4.90 Å². The minimum Gasteiger partial charge on any atom is -0.484 e. The van der Waals surface area contributed by atoms with Crippen molar-refractivity contribution in [1.29, 1.82) is 5.26 Å². The Labute approximate surface area is 186 Å². The highest BCUT2D eigenvalue weighted by Gasteiger charge is 2.24. The highest BCUT2D eigenvalue weighted by atomic mass is 35.5. The second kappa shape index (κ2) is 10.3. The summed E-state index contributed by atoms with van der Waals surface area (Å²) in [6.07, 6.45) is 0. The first-order valence-corrected chi connectivity index (χ1v) is 10.5. The normalized spacial score (nSPS) is 15.2. The summed E-state index contributed by atoms with van der Waals surface area (Å²) in [5, 5.41) is 13.4. The Morgan fingerprint density at radius 1 is 1.13 bits per heavy atom. The van der Waals surface area contributed by atoms with E-state index >= 15 is 0 Å². The van der Waals surface area contributed by atoms with Gasteiger partial charge in [0.05, 0.1) is 19.3 Å². The van der Waals surface area contributed by atoms with Crippen LogP contribution in [0.5, 0.6) is 5.75 Å². The number of halogens is 1. The molecule has 1 aliphatic rings. The molecular weight excluding hydrogens is 416 g/mol. The fourth-order valence-electron chi connectivity index (χ4n) is 3.51. The summed E-state index contributed by atoms with van der Waals surface area (Å²) in [5.74, 6) is 1.33. The molecule has 0 aliphatic carbocycles. The molecule has 2 aromatic carbocycles. The predicted octanol–water partition coefficient (Wildman–Crippen LogP) is 4.26. The third-order valence-corrected chi connectivity index (χ3v) is 5.33. The smallest absolute Gasteiger partial charge is 0.236 e. The zero-order valence-corrected chi connectivity index (χ0v) is 17.7. The van der Waals surface area contributed by atoms with Crippen molar-refractivity contribution in [2.75, 3.05) is 38.2 Å². The first kappa shape index (κ1) is 21.2. The van der Waals surface area contributed by atoms with E-state index in [-0.39, 0.29) is 18.3 Å². The van der Waals surface area contributed by atoms with E-state index in [1.165, 1.54) is 5.56 Å². The number of hydrogen-bond donors (Lipinski definition) is 1. The van der Waals surface area contributed by atoms with Crippen LogP contribution in [0.15, 0.2) is 59.0 Å². The van der Waals surface area contributed by atoms with Crippen LogP contribution in [0, 0.1) is 11.3 Å². The summed E-state index contributed by atoms with van der Waals surface area (Å²) in [6, 6.07) is 19.5. The number of oxazole rings is 1. The molecule has 1 atom stereocenters. The van der Waals surface area contributed by atoms with Crippen molar-refractivity contribution in [1.82, 2.24) is 9.88 Å². The van der Waals surface area contributed by atoms with E-state index in [1.54, 1.807) is 24.3 Å². The number of morpholine rings is 1. The van der Waals surface area contributed by atoms with Gasteiger partial charge in [-0.2, -0.15) is 10.2 Å². The standard InChI is InChI=1S/C23H23ClN4O3/c24-18-6-8-19(9-7-18)30-16-22-27-20(14-25)23(31-22)26-15-21(17-4-2-1-3-5-17)28-10-12-29-13-11-28/h1-9,21,26H,10-13,15-16H2/t21-/m0/s1. The van der Waals surface area contributed by atoms with Crippen molar-refractivity contribution < 1.29 is 13.9 Å². The van der Waals surface area contributed by atoms with Crippen LogP contribution in [0.25, 0.3) is 0 Å². The summed E-state index contributed by atoms with van der Waals surface area (Å²) in [5.41, 5.74) is 1.41. The molecule has 0 radical (unpaired) electrons. The van der Waals surface area contributed by atoms with Gasteiger partial charge >= 0.3 is 0 Å². The lowest BCUT2D eigenvalue weighted by molar-refractivity contribution is 0.0186. The molecule has 1 N–H and O–H groups in total. The molecule has 0 saturated carbocycles. The molecular formula is C23H23ClN4O3. The minimum atomic E-state index is 0.115. The van der Waals surface area contributed by atoms with Crippen LogP contribution >= 0.6 is 11.6 Å². The van der Waals surface area contributed by atoms with E-state index in [0.29, 0.717) is 42.3 Å². The lowest BCUT2D eigenvalue weighted by atomic mass is 10.0. The number of nitrogens with one attached hydrogen (secondary N) is 1. The van der Waals surface area contributed by atoms with Gasteiger partial charge in [-0.1, -0.05) is 41.9 Å². The number of anilines is 1. The number of benzene rings is 2. The lowest BCUT2D eigenvalue weighted by Crippen LogP contribution is -2.41. The van der Waals surface area contributed by atoms with Crippen molar-refractivity contribution in [2.45, 2.75) is 12.6 Å². The maximum Gasteiger partial charge on any atom is 0.236 e. The topological polar surface area (TPSA) is 83.5 Å². The maximum atomic E-state index is 9.48. The van der Waals surface area contributed by atoms with Gasteiger partial charge in [0, 0.05) is 24.7 Å². The van der Waals surface area contributed by atoms with Gasteiger partial charge < -0.3 is 19.2 Å². The number of nitrogens with zero attached hydrogens (tertiary/aromatic N) is 3.